The van der Waals surface area contributed by atoms with E-state index in [4.69, 9.17) is 35.6 Å². The lowest BCUT2D eigenvalue weighted by molar-refractivity contribution is 0.283. The van der Waals surface area contributed by atoms with Crippen LogP contribution in [-0.2, 0) is 54.6 Å². The molecule has 0 aliphatic rings. The number of tetrazole rings is 4. The highest BCUT2D eigenvalue weighted by atomic mass is 16.5. The topological polar surface area (TPSA) is 309 Å². The summed E-state index contributed by atoms with van der Waals surface area (Å²) in [5, 5.41) is 30.4. The molecule has 0 saturated heterocycles. The van der Waals surface area contributed by atoms with Gasteiger partial charge in [0.1, 0.15) is 60.9 Å². The van der Waals surface area contributed by atoms with E-state index in [0.29, 0.717) is 99.0 Å². The highest BCUT2D eigenvalue weighted by Gasteiger charge is 2.21. The zero-order valence-corrected chi connectivity index (χ0v) is 54.1. The molecule has 8 heterocycles. The van der Waals surface area contributed by atoms with Crippen molar-refractivity contribution in [3.05, 3.63) is 256 Å². The normalized spacial score (nSPS) is 11.2. The number of pyridine rings is 4. The standard InChI is InChI=1S/C17H19N5O3.C17H17N5O2.C17H15N5O2.C16H17N5O2/c1-4-24-16-10-18-9-14(22-17(23)21(3)19-20-22)13(16)11-25-15-8-6-5-7-12(15)2;2*1-4-13-9-18-10-15(22-17(23)21(3)19-20-22)14(13)11-24-16-8-6-5-7-12(16)2;1-11-6-4-5-7-15(11)23-10-13-12(2)8-17-9-14(13)21-16(22)20(3)18-19-21/h5-10H,4,11H2,1-3H3;4-10H,1,11H2,2-3H3;1,5-10H,11H2,2-3H3;4-9H,10H2,1-3H3/i3*5T;4T. The largest absolute Gasteiger partial charge is 0.492 e. The lowest BCUT2D eigenvalue weighted by Gasteiger charge is -2.15. The van der Waals surface area contributed by atoms with Gasteiger partial charge >= 0.3 is 22.8 Å². The molecule has 0 spiro atoms. The van der Waals surface area contributed by atoms with Crippen LogP contribution in [0.25, 0.3) is 28.8 Å². The number of nitrogens with zero attached hydrogens (tertiary/aromatic N) is 20. The van der Waals surface area contributed by atoms with E-state index >= 15 is 0 Å². The minimum Gasteiger partial charge on any atom is -0.492 e. The van der Waals surface area contributed by atoms with Crippen LogP contribution in [0.4, 0.5) is 0 Å². The molecular formula is C67H68N20O9. The SMILES string of the molecule is [3H]c1ccc(OCc2c(C#C)cncc2-n2nnn(C)c2=O)c(C)c1.[3H]c1ccc(OCc2c(C)cncc2-n2nnn(C)c2=O)c(C)c1.[3H]c1ccc(OCc2c(C=C)cncc2-n2nnn(C)c2=O)c(C)c1.[3H]c1ccc(OCc2c(OCC)cncc2-n2nnn(C)c2=O)c(C)c1. The van der Waals surface area contributed by atoms with Gasteiger partial charge in [0.25, 0.3) is 0 Å². The lowest BCUT2D eigenvalue weighted by atomic mass is 10.1. The van der Waals surface area contributed by atoms with Crippen molar-refractivity contribution < 1.29 is 29.2 Å². The van der Waals surface area contributed by atoms with E-state index in [0.717, 1.165) is 72.6 Å². The van der Waals surface area contributed by atoms with Crippen molar-refractivity contribution >= 4 is 6.08 Å². The van der Waals surface area contributed by atoms with Crippen LogP contribution in [0.5, 0.6) is 28.7 Å². The Bertz CT molecular complexity index is 5240. The Morgan fingerprint density at radius 3 is 1.11 bits per heavy atom. The van der Waals surface area contributed by atoms with Crippen LogP contribution in [0.2, 0.25) is 0 Å². The van der Waals surface area contributed by atoms with Gasteiger partial charge in [-0.25, -0.2) is 19.2 Å². The Morgan fingerprint density at radius 2 is 0.750 bits per heavy atom. The van der Waals surface area contributed by atoms with Crippen LogP contribution in [0.15, 0.2) is 172 Å². The molecule has 12 rings (SSSR count). The van der Waals surface area contributed by atoms with Gasteiger partial charge in [0.05, 0.1) is 71.3 Å². The minimum atomic E-state index is -0.410. The van der Waals surface area contributed by atoms with Crippen molar-refractivity contribution in [1.82, 2.24) is 99.1 Å². The molecule has 490 valence electrons. The van der Waals surface area contributed by atoms with Gasteiger partial charge in [-0.15, -0.1) is 6.42 Å². The van der Waals surface area contributed by atoms with Gasteiger partial charge in [0.15, 0.2) is 0 Å². The first-order valence-electron chi connectivity index (χ1n) is 31.3. The van der Waals surface area contributed by atoms with E-state index in [1.807, 2.05) is 41.5 Å². The Balaban J connectivity index is 0.000000156. The molecule has 4 aromatic carbocycles. The Morgan fingerprint density at radius 1 is 0.417 bits per heavy atom. The van der Waals surface area contributed by atoms with Gasteiger partial charge in [0, 0.05) is 69.0 Å². The molecule has 0 fully saturated rings. The molecular weight excluding hydrogens is 1230 g/mol. The smallest absolute Gasteiger partial charge is 0.368 e. The molecule has 0 aliphatic heterocycles. The summed E-state index contributed by atoms with van der Waals surface area (Å²) in [6, 6.07) is 22.2. The average Bonchev–Trinajstić information content (AvgIpc) is 1.58. The molecule has 96 heavy (non-hydrogen) atoms. The molecule has 0 saturated carbocycles. The van der Waals surface area contributed by atoms with Crippen molar-refractivity contribution in [1.29, 1.82) is 0 Å². The van der Waals surface area contributed by atoms with Crippen molar-refractivity contribution in [2.75, 3.05) is 6.61 Å². The second-order valence-electron chi connectivity index (χ2n) is 20.9. The number of rotatable bonds is 19. The number of ether oxygens (including phenoxy) is 5. The molecule has 0 aliphatic carbocycles. The Hall–Kier alpha value is -12.7. The Kier molecular flexibility index (Phi) is 20.4. The highest BCUT2D eigenvalue weighted by Crippen LogP contribution is 2.28. The van der Waals surface area contributed by atoms with E-state index in [1.165, 1.54) is 56.1 Å². The number of hydrogen-bond donors (Lipinski definition) is 0. The first-order valence-corrected chi connectivity index (χ1v) is 29.3. The molecule has 0 unspecified atom stereocenters. The quantitative estimate of drug-likeness (QED) is 0.0799. The summed E-state index contributed by atoms with van der Waals surface area (Å²) in [6.45, 7) is 16.2. The maximum Gasteiger partial charge on any atom is 0.368 e. The number of terminal acetylenes is 1. The monoisotopic (exact) mass is 1300 g/mol. The molecule has 12 aromatic rings. The third-order valence-electron chi connectivity index (χ3n) is 14.4. The molecule has 0 amide bonds. The van der Waals surface area contributed by atoms with Gasteiger partial charge < -0.3 is 23.7 Å². The van der Waals surface area contributed by atoms with Crippen molar-refractivity contribution in [3.8, 4) is 63.8 Å². The van der Waals surface area contributed by atoms with Crippen molar-refractivity contribution in [2.45, 2.75) is 68.0 Å². The molecule has 0 N–H and O–H groups in total. The summed E-state index contributed by atoms with van der Waals surface area (Å²) < 4.78 is 68.9. The molecule has 0 atom stereocenters. The van der Waals surface area contributed by atoms with E-state index in [9.17, 15) is 19.2 Å². The first-order chi connectivity index (χ1) is 48.0. The summed E-state index contributed by atoms with van der Waals surface area (Å²) in [5.74, 6) is 5.70. The lowest BCUT2D eigenvalue weighted by Crippen LogP contribution is -2.23. The molecule has 29 heteroatoms. The third-order valence-corrected chi connectivity index (χ3v) is 14.4. The third kappa shape index (κ3) is 15.8. The minimum absolute atomic E-state index is 0.124. The van der Waals surface area contributed by atoms with Crippen LogP contribution < -0.4 is 46.4 Å². The second kappa shape index (κ2) is 31.5. The maximum atomic E-state index is 12.2. The van der Waals surface area contributed by atoms with Crippen LogP contribution >= 0.6 is 0 Å². The van der Waals surface area contributed by atoms with Crippen LogP contribution in [0.3, 0.4) is 0 Å². The highest BCUT2D eigenvalue weighted by molar-refractivity contribution is 5.57. The van der Waals surface area contributed by atoms with Gasteiger partial charge in [-0.05, 0) is 135 Å². The first kappa shape index (κ1) is 62.1. The summed E-state index contributed by atoms with van der Waals surface area (Å²) in [4.78, 5) is 65.1. The van der Waals surface area contributed by atoms with Crippen LogP contribution in [0.1, 0.15) is 73.6 Å². The number of benzene rings is 4. The van der Waals surface area contributed by atoms with Crippen LogP contribution in [-0.4, -0.2) is 106 Å². The number of hydrogen-bond acceptors (Lipinski definition) is 21. The fourth-order valence-electron chi connectivity index (χ4n) is 9.06. The van der Waals surface area contributed by atoms with E-state index < -0.39 is 11.4 Å². The summed E-state index contributed by atoms with van der Waals surface area (Å²) >= 11 is 0. The fourth-order valence-corrected chi connectivity index (χ4v) is 9.06. The summed E-state index contributed by atoms with van der Waals surface area (Å²) in [6.07, 6.45) is 19.8. The van der Waals surface area contributed by atoms with Crippen LogP contribution in [0, 0.1) is 47.0 Å². The zero-order valence-electron chi connectivity index (χ0n) is 58.1. The summed E-state index contributed by atoms with van der Waals surface area (Å²) in [5.41, 5.74) is 8.71. The summed E-state index contributed by atoms with van der Waals surface area (Å²) in [7, 11) is 6.09. The van der Waals surface area contributed by atoms with E-state index in [2.05, 4.69) is 74.1 Å². The molecule has 8 aromatic heterocycles. The number of aryl methyl sites for hydroxylation is 9. The predicted octanol–water partition coefficient (Wildman–Crippen LogP) is 6.33. The van der Waals surface area contributed by atoms with E-state index in [1.54, 1.807) is 110 Å². The van der Waals surface area contributed by atoms with Gasteiger partial charge in [-0.1, -0.05) is 91.3 Å². The fraction of sp³-hybridized carbons (Fsp3) is 0.224. The van der Waals surface area contributed by atoms with Crippen molar-refractivity contribution in [3.63, 3.8) is 0 Å². The predicted molar refractivity (Wildman–Crippen MR) is 354 cm³/mol. The van der Waals surface area contributed by atoms with Crippen molar-refractivity contribution in [2.24, 2.45) is 28.2 Å². The molecule has 0 radical (unpaired) electrons. The van der Waals surface area contributed by atoms with Gasteiger partial charge in [-0.2, -0.15) is 37.5 Å². The van der Waals surface area contributed by atoms with Gasteiger partial charge in [-0.3, -0.25) is 19.9 Å². The van der Waals surface area contributed by atoms with E-state index in [-0.39, 0.29) is 37.8 Å². The second-order valence-corrected chi connectivity index (χ2v) is 20.9. The maximum absolute atomic E-state index is 12.2. The molecule has 0 bridgehead atoms. The zero-order chi connectivity index (χ0) is 71.9. The number of para-hydroxylation sites is 4. The molecule has 29 nitrogen and oxygen atoms in total. The Labute approximate surface area is 555 Å². The number of aromatic nitrogens is 20. The average molecular weight is 1310 g/mol. The van der Waals surface area contributed by atoms with Gasteiger partial charge in [0.2, 0.25) is 0 Å².